The van der Waals surface area contributed by atoms with E-state index in [1.807, 2.05) is 31.2 Å². The molecule has 1 aliphatic carbocycles. The first-order valence-electron chi connectivity index (χ1n) is 11.0. The molecular weight excluding hydrogens is 380 g/mol. The van der Waals surface area contributed by atoms with Crippen LogP contribution in [0.15, 0.2) is 39.6 Å². The van der Waals surface area contributed by atoms with Crippen LogP contribution >= 0.6 is 0 Å². The molecule has 1 saturated carbocycles. The first-order valence-corrected chi connectivity index (χ1v) is 11.0. The van der Waals surface area contributed by atoms with Gasteiger partial charge in [0, 0.05) is 5.92 Å². The van der Waals surface area contributed by atoms with Crippen molar-refractivity contribution < 1.29 is 19.0 Å². The number of rotatable bonds is 2. The second kappa shape index (κ2) is 6.44. The first-order chi connectivity index (χ1) is 14.1. The summed E-state index contributed by atoms with van der Waals surface area (Å²) >= 11 is 0. The standard InChI is InChI=1S/C25H30O5/c1-13-7-6-8-17-19(13)22-20(23(26)28-17)21-18-14(2)9-10-16(18)15(3)25(29-21,30-22)12-11-24(4,5)27/h6-8,11-12,14-16,18,21,27H,9-10H2,1-5H3/t14-,15+,16+,18+,21+,25+/m0/s1. The van der Waals surface area contributed by atoms with Crippen molar-refractivity contribution in [3.8, 4) is 5.75 Å². The van der Waals surface area contributed by atoms with Crippen molar-refractivity contribution in [1.29, 1.82) is 0 Å². The quantitative estimate of drug-likeness (QED) is 0.564. The summed E-state index contributed by atoms with van der Waals surface area (Å²) in [6.45, 7) is 9.89. The van der Waals surface area contributed by atoms with Gasteiger partial charge in [-0.1, -0.05) is 38.5 Å². The molecule has 0 unspecified atom stereocenters. The zero-order valence-electron chi connectivity index (χ0n) is 18.3. The molecule has 0 amide bonds. The highest BCUT2D eigenvalue weighted by molar-refractivity contribution is 5.88. The Labute approximate surface area is 176 Å². The fourth-order valence-electron chi connectivity index (χ4n) is 5.87. The van der Waals surface area contributed by atoms with Gasteiger partial charge in [-0.15, -0.1) is 0 Å². The van der Waals surface area contributed by atoms with Crippen LogP contribution in [0.4, 0.5) is 0 Å². The van der Waals surface area contributed by atoms with Crippen molar-refractivity contribution in [3.05, 3.63) is 51.9 Å². The molecule has 0 radical (unpaired) electrons. The summed E-state index contributed by atoms with van der Waals surface area (Å²) in [5.74, 6) is 0.728. The Bertz CT molecular complexity index is 1090. The molecule has 2 aromatic rings. The molecule has 5 heteroatoms. The lowest BCUT2D eigenvalue weighted by Gasteiger charge is -2.53. The van der Waals surface area contributed by atoms with Crippen LogP contribution in [0.3, 0.4) is 0 Å². The molecule has 5 nitrogen and oxygen atoms in total. The van der Waals surface area contributed by atoms with Gasteiger partial charge in [0.2, 0.25) is 5.79 Å². The van der Waals surface area contributed by atoms with E-state index >= 15 is 0 Å². The van der Waals surface area contributed by atoms with Gasteiger partial charge in [0.05, 0.1) is 11.0 Å². The van der Waals surface area contributed by atoms with Crippen molar-refractivity contribution in [1.82, 2.24) is 0 Å². The van der Waals surface area contributed by atoms with Gasteiger partial charge in [0.1, 0.15) is 23.0 Å². The summed E-state index contributed by atoms with van der Waals surface area (Å²) in [6.07, 6.45) is 5.43. The summed E-state index contributed by atoms with van der Waals surface area (Å²) in [7, 11) is 0. The second-order valence-electron chi connectivity index (χ2n) is 10.0. The molecule has 30 heavy (non-hydrogen) atoms. The molecule has 0 spiro atoms. The van der Waals surface area contributed by atoms with Gasteiger partial charge in [-0.05, 0) is 62.7 Å². The number of fused-ring (bicyclic) bond motifs is 8. The van der Waals surface area contributed by atoms with Crippen LogP contribution in [0.25, 0.3) is 11.0 Å². The fraction of sp³-hybridized carbons (Fsp3) is 0.560. The number of hydrogen-bond donors (Lipinski definition) is 1. The summed E-state index contributed by atoms with van der Waals surface area (Å²) in [5, 5.41) is 11.2. The number of ether oxygens (including phenoxy) is 2. The molecule has 3 aliphatic rings. The summed E-state index contributed by atoms with van der Waals surface area (Å²) in [5.41, 5.74) is 0.673. The monoisotopic (exact) mass is 410 g/mol. The Kier molecular flexibility index (Phi) is 4.26. The first kappa shape index (κ1) is 19.8. The molecule has 1 N–H and O–H groups in total. The zero-order valence-corrected chi connectivity index (χ0v) is 18.3. The van der Waals surface area contributed by atoms with Crippen LogP contribution in [-0.4, -0.2) is 16.5 Å². The zero-order chi connectivity index (χ0) is 21.4. The van der Waals surface area contributed by atoms with Crippen molar-refractivity contribution in [2.75, 3.05) is 0 Å². The van der Waals surface area contributed by atoms with Gasteiger partial charge in [-0.25, -0.2) is 4.79 Å². The van der Waals surface area contributed by atoms with E-state index in [1.165, 1.54) is 0 Å². The molecule has 1 saturated heterocycles. The maximum Gasteiger partial charge on any atom is 0.345 e. The van der Waals surface area contributed by atoms with Gasteiger partial charge in [-0.2, -0.15) is 0 Å². The molecule has 3 heterocycles. The molecule has 5 rings (SSSR count). The van der Waals surface area contributed by atoms with Crippen LogP contribution in [0.5, 0.6) is 5.75 Å². The van der Waals surface area contributed by atoms with Crippen molar-refractivity contribution in [2.24, 2.45) is 23.7 Å². The predicted octanol–water partition coefficient (Wildman–Crippen LogP) is 4.89. The van der Waals surface area contributed by atoms with Crippen LogP contribution in [-0.2, 0) is 4.74 Å². The second-order valence-corrected chi connectivity index (χ2v) is 10.0. The van der Waals surface area contributed by atoms with E-state index < -0.39 is 11.4 Å². The fourth-order valence-corrected chi connectivity index (χ4v) is 5.87. The van der Waals surface area contributed by atoms with E-state index in [0.29, 0.717) is 28.7 Å². The van der Waals surface area contributed by atoms with E-state index in [9.17, 15) is 9.90 Å². The topological polar surface area (TPSA) is 68.9 Å². The molecular formula is C25H30O5. The van der Waals surface area contributed by atoms with Gasteiger partial charge >= 0.3 is 5.63 Å². The molecule has 2 aliphatic heterocycles. The van der Waals surface area contributed by atoms with E-state index in [1.54, 1.807) is 19.9 Å². The smallest absolute Gasteiger partial charge is 0.345 e. The SMILES string of the molecule is Cc1cccc2oc(=O)c3c(c12)O[C@@]1(C=CC(C)(C)O)O[C@@H]3[C@H]2[C@H](CC[C@@H]2C)[C@H]1C. The Balaban J connectivity index is 1.80. The molecule has 1 aromatic carbocycles. The third kappa shape index (κ3) is 2.78. The minimum atomic E-state index is -1.02. The highest BCUT2D eigenvalue weighted by Crippen LogP contribution is 2.61. The third-order valence-corrected chi connectivity index (χ3v) is 7.44. The summed E-state index contributed by atoms with van der Waals surface area (Å²) in [6, 6.07) is 5.69. The minimum absolute atomic E-state index is 0.0850. The van der Waals surface area contributed by atoms with Crippen LogP contribution < -0.4 is 10.4 Å². The predicted molar refractivity (Wildman–Crippen MR) is 114 cm³/mol. The lowest BCUT2D eigenvalue weighted by molar-refractivity contribution is -0.285. The molecule has 2 fully saturated rings. The summed E-state index contributed by atoms with van der Waals surface area (Å²) < 4.78 is 19.0. The summed E-state index contributed by atoms with van der Waals surface area (Å²) in [4.78, 5) is 13.1. The maximum absolute atomic E-state index is 13.1. The molecule has 2 bridgehead atoms. The van der Waals surface area contributed by atoms with E-state index in [2.05, 4.69) is 13.8 Å². The molecule has 1 aromatic heterocycles. The molecule has 160 valence electrons. The van der Waals surface area contributed by atoms with Gasteiger partial charge < -0.3 is 19.0 Å². The van der Waals surface area contributed by atoms with Crippen LogP contribution in [0.1, 0.15) is 57.8 Å². The third-order valence-electron chi connectivity index (χ3n) is 7.44. The normalized spacial score (nSPS) is 35.3. The van der Waals surface area contributed by atoms with E-state index in [0.717, 1.165) is 23.8 Å². The average Bonchev–Trinajstić information content (AvgIpc) is 3.05. The lowest BCUT2D eigenvalue weighted by atomic mass is 9.70. The van der Waals surface area contributed by atoms with Crippen molar-refractivity contribution in [2.45, 2.75) is 65.0 Å². The van der Waals surface area contributed by atoms with E-state index in [4.69, 9.17) is 13.9 Å². The van der Waals surface area contributed by atoms with E-state index in [-0.39, 0.29) is 23.6 Å². The van der Waals surface area contributed by atoms with Crippen LogP contribution in [0.2, 0.25) is 0 Å². The number of aliphatic hydroxyl groups is 1. The molecule has 6 atom stereocenters. The van der Waals surface area contributed by atoms with Crippen molar-refractivity contribution >= 4 is 11.0 Å². The van der Waals surface area contributed by atoms with Gasteiger partial charge in [-0.3, -0.25) is 0 Å². The number of aryl methyl sites for hydroxylation is 1. The highest BCUT2D eigenvalue weighted by Gasteiger charge is 2.60. The Morgan fingerprint density at radius 1 is 1.23 bits per heavy atom. The Morgan fingerprint density at radius 2 is 2.00 bits per heavy atom. The lowest BCUT2D eigenvalue weighted by Crippen LogP contribution is -2.57. The van der Waals surface area contributed by atoms with Gasteiger partial charge in [0.25, 0.3) is 0 Å². The van der Waals surface area contributed by atoms with Crippen molar-refractivity contribution in [3.63, 3.8) is 0 Å². The van der Waals surface area contributed by atoms with Crippen LogP contribution in [0, 0.1) is 30.6 Å². The largest absolute Gasteiger partial charge is 0.457 e. The highest BCUT2D eigenvalue weighted by atomic mass is 16.7. The Morgan fingerprint density at radius 3 is 2.73 bits per heavy atom. The number of hydrogen-bond acceptors (Lipinski definition) is 5. The Hall–Kier alpha value is -2.11. The average molecular weight is 411 g/mol. The number of benzene rings is 1. The van der Waals surface area contributed by atoms with Gasteiger partial charge in [0.15, 0.2) is 0 Å². The minimum Gasteiger partial charge on any atom is -0.457 e. The maximum atomic E-state index is 13.1.